The van der Waals surface area contributed by atoms with Crippen LogP contribution in [-0.2, 0) is 20.9 Å². The van der Waals surface area contributed by atoms with Crippen LogP contribution in [0.5, 0.6) is 0 Å². The third-order valence-corrected chi connectivity index (χ3v) is 3.91. The van der Waals surface area contributed by atoms with Gasteiger partial charge in [-0.1, -0.05) is 18.2 Å². The molecular formula is C17H20N4O3. The van der Waals surface area contributed by atoms with Crippen LogP contribution in [0.4, 0.5) is 0 Å². The molecule has 1 aromatic carbocycles. The number of hydrogen-bond donors (Lipinski definition) is 1. The zero-order valence-corrected chi connectivity index (χ0v) is 13.6. The van der Waals surface area contributed by atoms with Gasteiger partial charge in [-0.3, -0.25) is 9.59 Å². The van der Waals surface area contributed by atoms with Crippen LogP contribution in [0, 0.1) is 0 Å². The van der Waals surface area contributed by atoms with E-state index in [1.54, 1.807) is 6.21 Å². The Morgan fingerprint density at radius 2 is 2.04 bits per heavy atom. The molecule has 0 bridgehead atoms. The molecule has 1 N–H and O–H groups in total. The SMILES string of the molecule is CC(=O)NN=Cc1cn(CC(=O)N2CCOCC2)c2ccccc12. The number of amides is 2. The maximum absolute atomic E-state index is 12.5. The van der Waals surface area contributed by atoms with Crippen molar-refractivity contribution in [2.75, 3.05) is 26.3 Å². The number of para-hydroxylation sites is 1. The van der Waals surface area contributed by atoms with Crippen molar-refractivity contribution in [3.8, 4) is 0 Å². The standard InChI is InChI=1S/C17H20N4O3/c1-13(22)19-18-10-14-11-21(16-5-3-2-4-15(14)16)12-17(23)20-6-8-24-9-7-20/h2-5,10-11H,6-9,12H2,1H3,(H,19,22). The summed E-state index contributed by atoms with van der Waals surface area (Å²) in [6.07, 6.45) is 3.48. The first-order chi connectivity index (χ1) is 11.6. The summed E-state index contributed by atoms with van der Waals surface area (Å²) in [5, 5.41) is 4.91. The summed E-state index contributed by atoms with van der Waals surface area (Å²) in [6, 6.07) is 7.82. The Morgan fingerprint density at radius 1 is 1.29 bits per heavy atom. The van der Waals surface area contributed by atoms with Crippen molar-refractivity contribution < 1.29 is 14.3 Å². The summed E-state index contributed by atoms with van der Waals surface area (Å²) in [5.74, 6) is -0.151. The summed E-state index contributed by atoms with van der Waals surface area (Å²) in [7, 11) is 0. The minimum Gasteiger partial charge on any atom is -0.378 e. The molecule has 0 aliphatic carbocycles. The predicted molar refractivity (Wildman–Crippen MR) is 90.7 cm³/mol. The largest absolute Gasteiger partial charge is 0.378 e. The first-order valence-corrected chi connectivity index (χ1v) is 7.88. The van der Waals surface area contributed by atoms with Crippen LogP contribution in [0.25, 0.3) is 10.9 Å². The lowest BCUT2D eigenvalue weighted by atomic mass is 10.2. The van der Waals surface area contributed by atoms with Crippen LogP contribution in [0.1, 0.15) is 12.5 Å². The molecule has 0 spiro atoms. The molecule has 7 heteroatoms. The number of hydrogen-bond acceptors (Lipinski definition) is 4. The number of ether oxygens (including phenoxy) is 1. The van der Waals surface area contributed by atoms with Crippen LogP contribution in [0.2, 0.25) is 0 Å². The molecular weight excluding hydrogens is 308 g/mol. The summed E-state index contributed by atoms with van der Waals surface area (Å²) in [5.41, 5.74) is 4.21. The van der Waals surface area contributed by atoms with E-state index >= 15 is 0 Å². The molecule has 2 amide bonds. The number of hydrazone groups is 1. The number of nitrogens with zero attached hydrogens (tertiary/aromatic N) is 3. The molecule has 1 saturated heterocycles. The second-order valence-corrected chi connectivity index (χ2v) is 5.65. The monoisotopic (exact) mass is 328 g/mol. The summed E-state index contributed by atoms with van der Waals surface area (Å²) < 4.78 is 7.20. The number of nitrogens with one attached hydrogen (secondary N) is 1. The van der Waals surface area contributed by atoms with E-state index in [0.717, 1.165) is 16.5 Å². The molecule has 7 nitrogen and oxygen atoms in total. The van der Waals surface area contributed by atoms with Gasteiger partial charge in [0.2, 0.25) is 11.8 Å². The van der Waals surface area contributed by atoms with Crippen molar-refractivity contribution in [3.63, 3.8) is 0 Å². The number of aromatic nitrogens is 1. The highest BCUT2D eigenvalue weighted by Crippen LogP contribution is 2.20. The van der Waals surface area contributed by atoms with Crippen molar-refractivity contribution in [3.05, 3.63) is 36.0 Å². The molecule has 0 atom stereocenters. The lowest BCUT2D eigenvalue weighted by Gasteiger charge is -2.27. The lowest BCUT2D eigenvalue weighted by molar-refractivity contribution is -0.135. The van der Waals surface area contributed by atoms with E-state index in [-0.39, 0.29) is 18.4 Å². The van der Waals surface area contributed by atoms with E-state index < -0.39 is 0 Å². The van der Waals surface area contributed by atoms with E-state index in [1.807, 2.05) is 39.9 Å². The molecule has 126 valence electrons. The fourth-order valence-electron chi connectivity index (χ4n) is 2.76. The topological polar surface area (TPSA) is 75.9 Å². The van der Waals surface area contributed by atoms with Crippen molar-refractivity contribution in [2.24, 2.45) is 5.10 Å². The fraction of sp³-hybridized carbons (Fsp3) is 0.353. The highest BCUT2D eigenvalue weighted by molar-refractivity contribution is 6.00. The number of morpholine rings is 1. The van der Waals surface area contributed by atoms with E-state index in [4.69, 9.17) is 4.74 Å². The van der Waals surface area contributed by atoms with Crippen LogP contribution in [-0.4, -0.2) is 53.8 Å². The third-order valence-electron chi connectivity index (χ3n) is 3.91. The zero-order chi connectivity index (χ0) is 16.9. The number of rotatable bonds is 4. The van der Waals surface area contributed by atoms with Crippen LogP contribution >= 0.6 is 0 Å². The number of benzene rings is 1. The zero-order valence-electron chi connectivity index (χ0n) is 13.6. The van der Waals surface area contributed by atoms with Crippen molar-refractivity contribution in [2.45, 2.75) is 13.5 Å². The van der Waals surface area contributed by atoms with Gasteiger partial charge in [0, 0.05) is 42.7 Å². The normalized spacial score (nSPS) is 15.1. The van der Waals surface area contributed by atoms with E-state index in [1.165, 1.54) is 6.92 Å². The Bertz CT molecular complexity index is 775. The van der Waals surface area contributed by atoms with Gasteiger partial charge in [-0.05, 0) is 6.07 Å². The maximum Gasteiger partial charge on any atom is 0.242 e. The van der Waals surface area contributed by atoms with Crippen molar-refractivity contribution in [1.29, 1.82) is 0 Å². The number of carbonyl (C=O) groups is 2. The van der Waals surface area contributed by atoms with Gasteiger partial charge in [0.1, 0.15) is 6.54 Å². The highest BCUT2D eigenvalue weighted by Gasteiger charge is 2.18. The molecule has 1 aliphatic heterocycles. The maximum atomic E-state index is 12.5. The van der Waals surface area contributed by atoms with Gasteiger partial charge in [0.25, 0.3) is 0 Å². The van der Waals surface area contributed by atoms with Crippen molar-refractivity contribution in [1.82, 2.24) is 14.9 Å². The predicted octanol–water partition coefficient (Wildman–Crippen LogP) is 0.970. The molecule has 1 fully saturated rings. The molecule has 24 heavy (non-hydrogen) atoms. The Labute approximate surface area is 139 Å². The van der Waals surface area contributed by atoms with Gasteiger partial charge in [-0.25, -0.2) is 5.43 Å². The Balaban J connectivity index is 1.83. The first-order valence-electron chi connectivity index (χ1n) is 7.88. The smallest absolute Gasteiger partial charge is 0.242 e. The fourth-order valence-corrected chi connectivity index (χ4v) is 2.76. The summed E-state index contributed by atoms with van der Waals surface area (Å²) in [6.45, 7) is 4.12. The second-order valence-electron chi connectivity index (χ2n) is 5.65. The minimum atomic E-state index is -0.225. The van der Waals surface area contributed by atoms with Gasteiger partial charge in [0.15, 0.2) is 0 Å². The van der Waals surface area contributed by atoms with Gasteiger partial charge < -0.3 is 14.2 Å². The van der Waals surface area contributed by atoms with Gasteiger partial charge in [-0.15, -0.1) is 0 Å². The van der Waals surface area contributed by atoms with Gasteiger partial charge >= 0.3 is 0 Å². The van der Waals surface area contributed by atoms with Crippen LogP contribution in [0.3, 0.4) is 0 Å². The highest BCUT2D eigenvalue weighted by atomic mass is 16.5. The van der Waals surface area contributed by atoms with Gasteiger partial charge in [0.05, 0.1) is 19.4 Å². The molecule has 2 aromatic rings. The third kappa shape index (κ3) is 3.62. The molecule has 1 aliphatic rings. The van der Waals surface area contributed by atoms with E-state index in [2.05, 4.69) is 10.5 Å². The Morgan fingerprint density at radius 3 is 2.79 bits per heavy atom. The minimum absolute atomic E-state index is 0.0735. The summed E-state index contributed by atoms with van der Waals surface area (Å²) >= 11 is 0. The molecule has 2 heterocycles. The molecule has 3 rings (SSSR count). The molecule has 1 aromatic heterocycles. The molecule has 0 saturated carbocycles. The number of carbonyl (C=O) groups excluding carboxylic acids is 2. The van der Waals surface area contributed by atoms with Crippen molar-refractivity contribution >= 4 is 28.9 Å². The number of fused-ring (bicyclic) bond motifs is 1. The average molecular weight is 328 g/mol. The van der Waals surface area contributed by atoms with Crippen LogP contribution in [0.15, 0.2) is 35.6 Å². The Kier molecular flexibility index (Phi) is 4.90. The van der Waals surface area contributed by atoms with E-state index in [0.29, 0.717) is 26.3 Å². The molecule has 0 radical (unpaired) electrons. The lowest BCUT2D eigenvalue weighted by Crippen LogP contribution is -2.42. The molecule has 0 unspecified atom stereocenters. The first kappa shape index (κ1) is 16.2. The summed E-state index contributed by atoms with van der Waals surface area (Å²) in [4.78, 5) is 25.2. The Hall–Kier alpha value is -2.67. The van der Waals surface area contributed by atoms with E-state index in [9.17, 15) is 9.59 Å². The quantitative estimate of drug-likeness (QED) is 0.671. The average Bonchev–Trinajstić information content (AvgIpc) is 2.93. The van der Waals surface area contributed by atoms with Gasteiger partial charge in [-0.2, -0.15) is 5.10 Å². The second kappa shape index (κ2) is 7.27. The van der Waals surface area contributed by atoms with Crippen LogP contribution < -0.4 is 5.43 Å².